The second-order valence-electron chi connectivity index (χ2n) is 7.86. The summed E-state index contributed by atoms with van der Waals surface area (Å²) < 4.78 is 10.3. The molecule has 1 fully saturated rings. The first-order chi connectivity index (χ1) is 20.0. The highest BCUT2D eigenvalue weighted by molar-refractivity contribution is 8.26. The minimum absolute atomic E-state index is 0.430. The molecule has 43 heavy (non-hydrogen) atoms. The van der Waals surface area contributed by atoms with E-state index in [1.807, 2.05) is 60.7 Å². The molecule has 0 aromatic heterocycles. The number of halogens is 9. The Morgan fingerprint density at radius 2 is 1.14 bits per heavy atom. The fraction of sp³-hybridized carbons (Fsp3) is 0.308. The molecule has 0 aliphatic carbocycles. The van der Waals surface area contributed by atoms with Gasteiger partial charge in [0.25, 0.3) is 0 Å². The molecule has 2 aromatic carbocycles. The van der Waals surface area contributed by atoms with Crippen LogP contribution in [0.15, 0.2) is 72.8 Å². The average Bonchev–Trinajstić information content (AvgIpc) is 3.52. The molecule has 1 heterocycles. The van der Waals surface area contributed by atoms with E-state index in [1.165, 1.54) is 25.0 Å². The zero-order valence-corrected chi connectivity index (χ0v) is 29.6. The Morgan fingerprint density at radius 1 is 0.767 bits per heavy atom. The molecule has 3 rings (SSSR count). The maximum absolute atomic E-state index is 11.4. The van der Waals surface area contributed by atoms with Gasteiger partial charge in [-0.1, -0.05) is 142 Å². The molecule has 1 aliphatic heterocycles. The van der Waals surface area contributed by atoms with Crippen LogP contribution in [0.5, 0.6) is 0 Å². The molecule has 2 atom stereocenters. The van der Waals surface area contributed by atoms with Crippen molar-refractivity contribution in [3.8, 4) is 0 Å². The lowest BCUT2D eigenvalue weighted by Crippen LogP contribution is -2.42. The number of hydrogen-bond donors (Lipinski definition) is 3. The van der Waals surface area contributed by atoms with E-state index in [1.54, 1.807) is 12.2 Å². The molecule has 17 heteroatoms. The van der Waals surface area contributed by atoms with Gasteiger partial charge in [0.2, 0.25) is 28.6 Å². The van der Waals surface area contributed by atoms with Gasteiger partial charge in [-0.25, -0.2) is 4.21 Å². The highest BCUT2D eigenvalue weighted by Gasteiger charge is 2.32. The molecule has 2 unspecified atom stereocenters. The van der Waals surface area contributed by atoms with Crippen LogP contribution >= 0.6 is 103 Å². The summed E-state index contributed by atoms with van der Waals surface area (Å²) in [6, 6.07) is 18.5. The zero-order chi connectivity index (χ0) is 32.9. The molecule has 0 radical (unpaired) electrons. The van der Waals surface area contributed by atoms with E-state index in [0.29, 0.717) is 0 Å². The number of rotatable bonds is 6. The monoisotopic (exact) mass is 794 g/mol. The van der Waals surface area contributed by atoms with Crippen LogP contribution in [-0.4, -0.2) is 53.7 Å². The van der Waals surface area contributed by atoms with E-state index in [4.69, 9.17) is 90.2 Å². The molecule has 2 aromatic rings. The van der Waals surface area contributed by atoms with Crippen molar-refractivity contribution in [3.63, 3.8) is 0 Å². The van der Waals surface area contributed by atoms with Crippen LogP contribution in [0.2, 0.25) is 0 Å². The standard InChI is InChI=1S/C11H9Cl4NO.C11H10Cl3NO2.C4H8O.Cl2OS/c12-10(11(13,14)15)16-9(17)7-6-8-4-2-1-3-5-8;12-11(13,14)10(17)15-9(16)7-6-8-4-2-1-3-5-8;1-2-4-5-3-1;1-4(2)3/h1-7,10H,(H,16,17);1-7,10,17H,(H,15,16);1-4H2;/b2*7-6+;;. The van der Waals surface area contributed by atoms with E-state index >= 15 is 0 Å². The van der Waals surface area contributed by atoms with Crippen LogP contribution in [0.1, 0.15) is 24.0 Å². The van der Waals surface area contributed by atoms with Crippen molar-refractivity contribution in [3.05, 3.63) is 83.9 Å². The third-order valence-corrected chi connectivity index (χ3v) is 6.47. The lowest BCUT2D eigenvalue weighted by atomic mass is 10.2. The highest BCUT2D eigenvalue weighted by atomic mass is 36.0. The van der Waals surface area contributed by atoms with Crippen molar-refractivity contribution in [1.82, 2.24) is 10.6 Å². The smallest absolute Gasteiger partial charge is 0.246 e. The fourth-order valence-electron chi connectivity index (χ4n) is 2.50. The van der Waals surface area contributed by atoms with Gasteiger partial charge in [0.15, 0.2) is 11.7 Å². The first-order valence-electron chi connectivity index (χ1n) is 11.9. The summed E-state index contributed by atoms with van der Waals surface area (Å²) in [7, 11) is 7.36. The van der Waals surface area contributed by atoms with Crippen molar-refractivity contribution in [2.24, 2.45) is 0 Å². The van der Waals surface area contributed by atoms with E-state index in [0.717, 1.165) is 24.3 Å². The lowest BCUT2D eigenvalue weighted by molar-refractivity contribution is -0.119. The van der Waals surface area contributed by atoms with E-state index < -0.39 is 40.4 Å². The summed E-state index contributed by atoms with van der Waals surface area (Å²) in [5.41, 5.74) is 0.661. The Balaban J connectivity index is 0.000000637. The number of carbonyl (C=O) groups excluding carboxylic acids is 2. The number of carbonyl (C=O) groups is 2. The maximum Gasteiger partial charge on any atom is 0.246 e. The summed E-state index contributed by atoms with van der Waals surface area (Å²) in [4.78, 5) is 22.8. The molecule has 7 nitrogen and oxygen atoms in total. The molecule has 2 amide bonds. The van der Waals surface area contributed by atoms with Gasteiger partial charge in [-0.15, -0.1) is 0 Å². The maximum atomic E-state index is 11.4. The molecular formula is C26H27Cl9N2O5S. The number of benzene rings is 2. The molecule has 0 spiro atoms. The second kappa shape index (κ2) is 23.8. The van der Waals surface area contributed by atoms with E-state index in [2.05, 4.69) is 32.0 Å². The molecule has 0 bridgehead atoms. The van der Waals surface area contributed by atoms with Crippen LogP contribution < -0.4 is 10.6 Å². The predicted molar refractivity (Wildman–Crippen MR) is 183 cm³/mol. The Morgan fingerprint density at radius 3 is 1.44 bits per heavy atom. The molecule has 1 aliphatic rings. The van der Waals surface area contributed by atoms with Crippen LogP contribution in [0.4, 0.5) is 0 Å². The third-order valence-electron chi connectivity index (χ3n) is 4.43. The second-order valence-corrected chi connectivity index (χ2v) is 15.6. The van der Waals surface area contributed by atoms with E-state index in [9.17, 15) is 14.7 Å². The highest BCUT2D eigenvalue weighted by Crippen LogP contribution is 2.32. The SMILES string of the molecule is C1CCOC1.O=C(/C=C/c1ccccc1)NC(Cl)C(Cl)(Cl)Cl.O=C(/C=C/c1ccccc1)NC(O)C(Cl)(Cl)Cl.O=S(Cl)Cl. The molecule has 240 valence electrons. The number of aliphatic hydroxyl groups excluding tert-OH is 1. The largest absolute Gasteiger partial charge is 0.381 e. The van der Waals surface area contributed by atoms with Gasteiger partial charge < -0.3 is 20.5 Å². The van der Waals surface area contributed by atoms with Crippen molar-refractivity contribution in [2.45, 2.75) is 32.2 Å². The number of alkyl halides is 7. The van der Waals surface area contributed by atoms with Crippen molar-refractivity contribution >= 4 is 136 Å². The number of aliphatic hydroxyl groups is 1. The summed E-state index contributed by atoms with van der Waals surface area (Å²) in [6.07, 6.45) is 6.79. The number of nitrogens with one attached hydrogen (secondary N) is 2. The fourth-order valence-corrected chi connectivity index (χ4v) is 2.94. The van der Waals surface area contributed by atoms with Crippen LogP contribution in [0.3, 0.4) is 0 Å². The quantitative estimate of drug-likeness (QED) is 0.0902. The average molecular weight is 799 g/mol. The first kappa shape index (κ1) is 42.5. The summed E-state index contributed by atoms with van der Waals surface area (Å²) in [6.45, 7) is 2.00. The Kier molecular flexibility index (Phi) is 23.6. The third kappa shape index (κ3) is 25.4. The predicted octanol–water partition coefficient (Wildman–Crippen LogP) is 8.10. The van der Waals surface area contributed by atoms with E-state index in [-0.39, 0.29) is 0 Å². The summed E-state index contributed by atoms with van der Waals surface area (Å²) >= 11 is 38.3. The Labute approximate surface area is 297 Å². The van der Waals surface area contributed by atoms with Gasteiger partial charge in [-0.3, -0.25) is 9.59 Å². The first-order valence-corrected chi connectivity index (χ1v) is 17.4. The number of ether oxygens (including phenoxy) is 1. The van der Waals surface area contributed by atoms with Gasteiger partial charge >= 0.3 is 0 Å². The van der Waals surface area contributed by atoms with Crippen LogP contribution in [0, 0.1) is 0 Å². The topological polar surface area (TPSA) is 105 Å². The van der Waals surface area contributed by atoms with Crippen LogP contribution in [0.25, 0.3) is 12.2 Å². The summed E-state index contributed by atoms with van der Waals surface area (Å²) in [5, 5.41) is 13.7. The van der Waals surface area contributed by atoms with Gasteiger partial charge in [0, 0.05) is 46.7 Å². The molecule has 3 N–H and O–H groups in total. The normalized spacial score (nSPS) is 14.4. The van der Waals surface area contributed by atoms with Crippen molar-refractivity contribution in [1.29, 1.82) is 0 Å². The minimum atomic E-state index is -1.95. The Bertz CT molecular complexity index is 1050. The van der Waals surface area contributed by atoms with Gasteiger partial charge in [-0.2, -0.15) is 0 Å². The van der Waals surface area contributed by atoms with Gasteiger partial charge in [-0.05, 0) is 36.1 Å². The van der Waals surface area contributed by atoms with Crippen molar-refractivity contribution < 1.29 is 23.6 Å². The number of amides is 2. The summed E-state index contributed by atoms with van der Waals surface area (Å²) in [5.74, 6) is -0.979. The number of hydrogen-bond acceptors (Lipinski definition) is 5. The lowest BCUT2D eigenvalue weighted by Gasteiger charge is -2.18. The van der Waals surface area contributed by atoms with Gasteiger partial charge in [0.05, 0.1) is 0 Å². The minimum Gasteiger partial charge on any atom is -0.381 e. The van der Waals surface area contributed by atoms with Crippen molar-refractivity contribution in [2.75, 3.05) is 13.2 Å². The Hall–Kier alpha value is -0.460. The molecule has 1 saturated heterocycles. The molecular weight excluding hydrogens is 771 g/mol. The molecule has 0 saturated carbocycles. The van der Waals surface area contributed by atoms with Crippen LogP contribution in [-0.2, 0) is 23.6 Å². The zero-order valence-electron chi connectivity index (χ0n) is 22.0. The van der Waals surface area contributed by atoms with Gasteiger partial charge in [0.1, 0.15) is 0 Å².